The molecule has 1 amide bonds. The zero-order chi connectivity index (χ0) is 22.9. The Kier molecular flexibility index (Phi) is 4.31. The number of nitrogens with one attached hydrogen (secondary N) is 2. The number of hydrogen-bond acceptors (Lipinski definition) is 5. The summed E-state index contributed by atoms with van der Waals surface area (Å²) in [6, 6.07) is 7.55. The molecule has 3 N–H and O–H groups in total. The summed E-state index contributed by atoms with van der Waals surface area (Å²) in [4.78, 5) is 37.3. The first kappa shape index (κ1) is 19.9. The number of imidazole rings is 1. The van der Waals surface area contributed by atoms with Gasteiger partial charge < -0.3 is 29.6 Å². The van der Waals surface area contributed by atoms with Gasteiger partial charge in [-0.15, -0.1) is 0 Å². The second kappa shape index (κ2) is 7.14. The number of carboxylic acid groups (broad SMARTS) is 1. The zero-order valence-electron chi connectivity index (χ0n) is 17.7. The van der Waals surface area contributed by atoms with E-state index in [9.17, 15) is 14.7 Å². The van der Waals surface area contributed by atoms with E-state index in [1.54, 1.807) is 6.20 Å². The molecule has 6 rings (SSSR count). The van der Waals surface area contributed by atoms with Gasteiger partial charge in [0.1, 0.15) is 6.61 Å². The highest BCUT2D eigenvalue weighted by molar-refractivity contribution is 6.35. The fraction of sp³-hybridized carbons (Fsp3) is 0.261. The third-order valence-electron chi connectivity index (χ3n) is 6.54. The van der Waals surface area contributed by atoms with Crippen molar-refractivity contribution < 1.29 is 14.6 Å². The Morgan fingerprint density at radius 3 is 2.94 bits per heavy atom. The number of rotatable bonds is 1. The normalized spacial score (nSPS) is 17.7. The maximum Gasteiger partial charge on any atom is 0.407 e. The number of hydrogen-bond donors (Lipinski definition) is 3. The number of amides is 1. The molecule has 0 aliphatic carbocycles. The Hall–Kier alpha value is -3.72. The molecular weight excluding hydrogens is 446 g/mol. The van der Waals surface area contributed by atoms with Crippen LogP contribution in [-0.2, 0) is 0 Å². The number of piperazine rings is 1. The summed E-state index contributed by atoms with van der Waals surface area (Å²) in [6.45, 7) is 3.74. The molecule has 10 heteroatoms. The Morgan fingerprint density at radius 2 is 2.12 bits per heavy atom. The van der Waals surface area contributed by atoms with Gasteiger partial charge in [0.25, 0.3) is 0 Å². The molecule has 9 nitrogen and oxygen atoms in total. The molecule has 0 unspecified atom stereocenters. The molecular formula is C23H20ClN5O4. The van der Waals surface area contributed by atoms with Crippen LogP contribution >= 0.6 is 11.6 Å². The number of nitrogens with zero attached hydrogens (tertiary/aromatic N) is 3. The molecule has 1 atom stereocenters. The average molecular weight is 466 g/mol. The van der Waals surface area contributed by atoms with Gasteiger partial charge in [-0.1, -0.05) is 17.7 Å². The van der Waals surface area contributed by atoms with Crippen LogP contribution in [0, 0.1) is 6.92 Å². The van der Waals surface area contributed by atoms with Gasteiger partial charge in [0.2, 0.25) is 0 Å². The second-order valence-electron chi connectivity index (χ2n) is 8.47. The van der Waals surface area contributed by atoms with Gasteiger partial charge in [-0.2, -0.15) is 0 Å². The van der Waals surface area contributed by atoms with Crippen LogP contribution < -0.4 is 15.3 Å². The number of ether oxygens (including phenoxy) is 1. The minimum absolute atomic E-state index is 0.0766. The van der Waals surface area contributed by atoms with E-state index in [1.165, 1.54) is 4.90 Å². The van der Waals surface area contributed by atoms with E-state index in [4.69, 9.17) is 16.3 Å². The fourth-order valence-electron chi connectivity index (χ4n) is 4.98. The third kappa shape index (κ3) is 3.03. The van der Waals surface area contributed by atoms with Gasteiger partial charge in [0.15, 0.2) is 5.75 Å². The molecule has 0 bridgehead atoms. The van der Waals surface area contributed by atoms with Crippen molar-refractivity contribution >= 4 is 45.3 Å². The molecule has 1 saturated heterocycles. The van der Waals surface area contributed by atoms with Crippen molar-refractivity contribution in [2.45, 2.75) is 13.0 Å². The summed E-state index contributed by atoms with van der Waals surface area (Å²) in [6.07, 6.45) is 0.792. The third-order valence-corrected chi connectivity index (χ3v) is 6.85. The monoisotopic (exact) mass is 465 g/mol. The lowest BCUT2D eigenvalue weighted by Crippen LogP contribution is -2.58. The average Bonchev–Trinajstić information content (AvgIpc) is 3.18. The van der Waals surface area contributed by atoms with Crippen LogP contribution in [0.15, 0.2) is 35.3 Å². The summed E-state index contributed by atoms with van der Waals surface area (Å²) >= 11 is 6.82. The van der Waals surface area contributed by atoms with Gasteiger partial charge in [0.05, 0.1) is 34.5 Å². The number of anilines is 1. The van der Waals surface area contributed by atoms with Crippen LogP contribution in [0.4, 0.5) is 10.5 Å². The van der Waals surface area contributed by atoms with Crippen LogP contribution in [0.3, 0.4) is 0 Å². The smallest absolute Gasteiger partial charge is 0.407 e. The van der Waals surface area contributed by atoms with E-state index < -0.39 is 6.09 Å². The van der Waals surface area contributed by atoms with Crippen molar-refractivity contribution in [3.8, 4) is 16.9 Å². The van der Waals surface area contributed by atoms with Crippen molar-refractivity contribution in [1.29, 1.82) is 0 Å². The molecule has 4 aromatic rings. The van der Waals surface area contributed by atoms with Crippen molar-refractivity contribution in [1.82, 2.24) is 19.9 Å². The molecule has 2 aromatic heterocycles. The number of aromatic nitrogens is 3. The van der Waals surface area contributed by atoms with Crippen LogP contribution in [0.25, 0.3) is 33.1 Å². The summed E-state index contributed by atoms with van der Waals surface area (Å²) in [5, 5.41) is 10.8. The van der Waals surface area contributed by atoms with E-state index in [-0.39, 0.29) is 11.7 Å². The number of fused-ring (bicyclic) bond motifs is 6. The summed E-state index contributed by atoms with van der Waals surface area (Å²) in [5.74, 6) is 0.666. The lowest BCUT2D eigenvalue weighted by molar-refractivity contribution is 0.123. The number of H-pyrrole nitrogens is 2. The van der Waals surface area contributed by atoms with Gasteiger partial charge in [0, 0.05) is 41.2 Å². The minimum atomic E-state index is -0.917. The first-order chi connectivity index (χ1) is 15.9. The van der Waals surface area contributed by atoms with Gasteiger partial charge in [-0.05, 0) is 30.7 Å². The second-order valence-corrected chi connectivity index (χ2v) is 8.87. The minimum Gasteiger partial charge on any atom is -0.488 e. The van der Waals surface area contributed by atoms with Crippen molar-refractivity contribution in [2.24, 2.45) is 0 Å². The van der Waals surface area contributed by atoms with Gasteiger partial charge >= 0.3 is 11.8 Å². The molecule has 0 radical (unpaired) electrons. The first-order valence-electron chi connectivity index (χ1n) is 10.6. The number of aromatic amines is 2. The Labute approximate surface area is 192 Å². The van der Waals surface area contributed by atoms with E-state index in [1.807, 2.05) is 31.2 Å². The van der Waals surface area contributed by atoms with Crippen molar-refractivity contribution in [3.05, 3.63) is 51.5 Å². The quantitative estimate of drug-likeness (QED) is 0.396. The highest BCUT2D eigenvalue weighted by Crippen LogP contribution is 2.44. The molecule has 2 aromatic carbocycles. The van der Waals surface area contributed by atoms with Crippen LogP contribution in [0.2, 0.25) is 5.02 Å². The Bertz CT molecular complexity index is 1510. The summed E-state index contributed by atoms with van der Waals surface area (Å²) in [7, 11) is 0. The van der Waals surface area contributed by atoms with E-state index >= 15 is 0 Å². The van der Waals surface area contributed by atoms with Crippen molar-refractivity contribution in [2.75, 3.05) is 31.1 Å². The number of aryl methyl sites for hydroxylation is 1. The lowest BCUT2D eigenvalue weighted by Gasteiger charge is -2.45. The Balaban J connectivity index is 1.52. The topological polar surface area (TPSA) is 115 Å². The number of benzene rings is 2. The standard InChI is InChI=1S/C23H20ClN5O4/c1-11-2-3-16-20(27-22(30)26-16)19(11)13-7-17-14(6-15(13)24)21-18(8-25-17)33-10-12-9-28(23(31)32)4-5-29(12)21/h2-3,6-8,12H,4-5,9-10H2,1H3,(H,31,32)(H2,26,27,30)/t12-/m1/s1. The number of pyridine rings is 1. The fourth-order valence-corrected chi connectivity index (χ4v) is 5.24. The van der Waals surface area contributed by atoms with E-state index in [0.29, 0.717) is 48.0 Å². The molecule has 33 heavy (non-hydrogen) atoms. The Morgan fingerprint density at radius 1 is 1.27 bits per heavy atom. The zero-order valence-corrected chi connectivity index (χ0v) is 18.4. The molecule has 4 heterocycles. The molecule has 2 aliphatic heterocycles. The molecule has 1 fully saturated rings. The largest absolute Gasteiger partial charge is 0.488 e. The highest BCUT2D eigenvalue weighted by atomic mass is 35.5. The first-order valence-corrected chi connectivity index (χ1v) is 11.0. The van der Waals surface area contributed by atoms with Gasteiger partial charge in [-0.25, -0.2) is 9.59 Å². The van der Waals surface area contributed by atoms with Crippen molar-refractivity contribution in [3.63, 3.8) is 0 Å². The van der Waals surface area contributed by atoms with Crippen LogP contribution in [0.1, 0.15) is 5.56 Å². The number of halogens is 1. The van der Waals surface area contributed by atoms with Gasteiger partial charge in [-0.3, -0.25) is 4.98 Å². The molecule has 168 valence electrons. The van der Waals surface area contributed by atoms with E-state index in [2.05, 4.69) is 19.9 Å². The predicted molar refractivity (Wildman–Crippen MR) is 126 cm³/mol. The van der Waals surface area contributed by atoms with Crippen LogP contribution in [0.5, 0.6) is 5.75 Å². The maximum absolute atomic E-state index is 11.9. The lowest BCUT2D eigenvalue weighted by atomic mass is 9.96. The number of carbonyl (C=O) groups is 1. The molecule has 0 spiro atoms. The van der Waals surface area contributed by atoms with Crippen LogP contribution in [-0.4, -0.2) is 63.3 Å². The summed E-state index contributed by atoms with van der Waals surface area (Å²) in [5.41, 5.74) is 5.37. The molecule has 0 saturated carbocycles. The predicted octanol–water partition coefficient (Wildman–Crippen LogP) is 3.59. The molecule has 2 aliphatic rings. The maximum atomic E-state index is 11.9. The highest BCUT2D eigenvalue weighted by Gasteiger charge is 2.36. The van der Waals surface area contributed by atoms with E-state index in [0.717, 1.165) is 33.3 Å². The summed E-state index contributed by atoms with van der Waals surface area (Å²) < 4.78 is 5.95. The SMILES string of the molecule is Cc1ccc2[nH]c(=O)[nH]c2c1-c1cc2ncc3c(c2cc1Cl)N1CCN(C(=O)O)C[C@@H]1CO3.